The number of nitrogens with zero attached hydrogens (tertiary/aromatic N) is 2. The predicted octanol–water partition coefficient (Wildman–Crippen LogP) is 7.98. The molecule has 2 heterocycles. The number of benzene rings is 4. The first-order valence-corrected chi connectivity index (χ1v) is 14.0. The minimum Gasteiger partial charge on any atom is -0.368 e. The summed E-state index contributed by atoms with van der Waals surface area (Å²) in [5.41, 5.74) is 6.18. The highest BCUT2D eigenvalue weighted by atomic mass is 32.1. The molecule has 1 fully saturated rings. The molecule has 37 heavy (non-hydrogen) atoms. The fraction of sp³-hybridized carbons (Fsp3) is 0.242. The van der Waals surface area contributed by atoms with Gasteiger partial charge in [0.15, 0.2) is 0 Å². The van der Waals surface area contributed by atoms with Gasteiger partial charge in [0.05, 0.1) is 10.2 Å². The van der Waals surface area contributed by atoms with Crippen molar-refractivity contribution in [3.8, 4) is 5.19 Å². The lowest BCUT2D eigenvalue weighted by atomic mass is 9.72. The summed E-state index contributed by atoms with van der Waals surface area (Å²) in [4.78, 5) is 6.87. The zero-order valence-electron chi connectivity index (χ0n) is 20.9. The summed E-state index contributed by atoms with van der Waals surface area (Å²) in [6.07, 6.45) is 4.28. The number of hydrogen-bond donors (Lipinski definition) is 0. The zero-order valence-corrected chi connectivity index (χ0v) is 21.7. The normalized spacial score (nSPS) is 19.8. The zero-order chi connectivity index (χ0) is 25.0. The fourth-order valence-electron chi connectivity index (χ4n) is 6.10. The summed E-state index contributed by atoms with van der Waals surface area (Å²) in [5.74, 6) is 1.07. The maximum Gasteiger partial charge on any atom is 0.327 e. The van der Waals surface area contributed by atoms with Gasteiger partial charge in [0.1, 0.15) is 0 Å². The van der Waals surface area contributed by atoms with Crippen LogP contribution < -0.4 is 4.90 Å². The second-order valence-electron chi connectivity index (χ2n) is 10.2. The van der Waals surface area contributed by atoms with E-state index in [4.69, 9.17) is 0 Å². The third-order valence-corrected chi connectivity index (χ3v) is 8.70. The van der Waals surface area contributed by atoms with Crippen LogP contribution in [-0.4, -0.2) is 17.6 Å². The maximum absolute atomic E-state index is 11.9. The minimum atomic E-state index is -0.114. The second kappa shape index (κ2) is 10.8. The molecule has 0 spiro atoms. The van der Waals surface area contributed by atoms with Crippen molar-refractivity contribution in [2.45, 2.75) is 31.7 Å². The van der Waals surface area contributed by atoms with Gasteiger partial charge in [-0.2, -0.15) is 4.98 Å². The molecule has 1 aliphatic heterocycles. The van der Waals surface area contributed by atoms with Gasteiger partial charge in [0.25, 0.3) is 0 Å². The van der Waals surface area contributed by atoms with Gasteiger partial charge in [0, 0.05) is 18.3 Å². The van der Waals surface area contributed by atoms with E-state index in [2.05, 4.69) is 119 Å². The quantitative estimate of drug-likeness (QED) is 0.226. The van der Waals surface area contributed by atoms with E-state index >= 15 is 0 Å². The molecule has 1 radical (unpaired) electrons. The van der Waals surface area contributed by atoms with E-state index in [1.165, 1.54) is 33.7 Å². The van der Waals surface area contributed by atoms with E-state index in [0.717, 1.165) is 42.4 Å². The van der Waals surface area contributed by atoms with E-state index < -0.39 is 0 Å². The smallest absolute Gasteiger partial charge is 0.327 e. The van der Waals surface area contributed by atoms with Crippen LogP contribution >= 0.6 is 11.3 Å². The van der Waals surface area contributed by atoms with Crippen molar-refractivity contribution in [2.75, 3.05) is 11.4 Å². The highest BCUT2D eigenvalue weighted by Crippen LogP contribution is 2.40. The lowest BCUT2D eigenvalue weighted by molar-refractivity contribution is 0.213. The molecule has 6 rings (SSSR count). The van der Waals surface area contributed by atoms with Crippen LogP contribution in [0.15, 0.2) is 109 Å². The van der Waals surface area contributed by atoms with Gasteiger partial charge in [-0.3, -0.25) is 5.11 Å². The van der Waals surface area contributed by atoms with Crippen molar-refractivity contribution >= 4 is 27.2 Å². The molecule has 3 unspecified atom stereocenters. The Balaban J connectivity index is 1.40. The number of fused-ring (bicyclic) bond motifs is 1. The topological polar surface area (TPSA) is 36.0 Å². The van der Waals surface area contributed by atoms with E-state index in [0.29, 0.717) is 17.9 Å². The molecule has 1 saturated heterocycles. The molecule has 0 saturated carbocycles. The molecule has 4 aromatic carbocycles. The van der Waals surface area contributed by atoms with E-state index in [1.807, 2.05) is 0 Å². The maximum atomic E-state index is 11.9. The first kappa shape index (κ1) is 23.7. The number of piperidine rings is 1. The van der Waals surface area contributed by atoms with Gasteiger partial charge in [0.2, 0.25) is 0 Å². The van der Waals surface area contributed by atoms with Gasteiger partial charge >= 0.3 is 5.19 Å². The van der Waals surface area contributed by atoms with Crippen LogP contribution in [0.2, 0.25) is 0 Å². The Morgan fingerprint density at radius 3 is 1.97 bits per heavy atom. The van der Waals surface area contributed by atoms with Crippen LogP contribution in [0.4, 0.5) is 5.69 Å². The highest BCUT2D eigenvalue weighted by molar-refractivity contribution is 7.20. The van der Waals surface area contributed by atoms with Crippen molar-refractivity contribution in [2.24, 2.45) is 11.8 Å². The molecular formula is C33H31N2OS. The number of hydrogen-bond acceptors (Lipinski definition) is 3. The molecule has 0 N–H and O–H groups in total. The van der Waals surface area contributed by atoms with Gasteiger partial charge in [-0.05, 0) is 72.4 Å². The minimum absolute atomic E-state index is 0.114. The van der Waals surface area contributed by atoms with Crippen molar-refractivity contribution in [3.63, 3.8) is 0 Å². The van der Waals surface area contributed by atoms with Gasteiger partial charge < -0.3 is 4.90 Å². The molecule has 0 bridgehead atoms. The number of anilines is 1. The summed E-state index contributed by atoms with van der Waals surface area (Å²) in [6.45, 7) is 1.00. The molecule has 4 heteroatoms. The fourth-order valence-corrected chi connectivity index (χ4v) is 6.78. The molecule has 1 aromatic heterocycles. The Bertz CT molecular complexity index is 1430. The van der Waals surface area contributed by atoms with Crippen molar-refractivity contribution < 1.29 is 5.11 Å². The first-order valence-electron chi connectivity index (χ1n) is 13.2. The molecule has 0 aliphatic carbocycles. The number of aromatic nitrogens is 1. The summed E-state index contributed by atoms with van der Waals surface area (Å²) in [5, 5.41) is 11.8. The van der Waals surface area contributed by atoms with Crippen molar-refractivity contribution in [3.05, 3.63) is 126 Å². The van der Waals surface area contributed by atoms with Crippen LogP contribution in [0.1, 0.15) is 23.1 Å². The monoisotopic (exact) mass is 503 g/mol. The number of rotatable bonds is 7. The van der Waals surface area contributed by atoms with E-state index in [-0.39, 0.29) is 5.19 Å². The Morgan fingerprint density at radius 2 is 1.32 bits per heavy atom. The summed E-state index contributed by atoms with van der Waals surface area (Å²) < 4.78 is 0.966. The molecular weight excluding hydrogens is 472 g/mol. The standard InChI is InChI=1S/C33H31N2OS/c36-33-34-30-23-28(16-17-32(30)37-33)35-19-18-27(20-24-10-4-1-5-11-24)29(21-25-12-6-2-7-13-25)31(35)22-26-14-8-3-9-15-26/h1-17,23,27,29,31H,18-22H2. The third-order valence-electron chi connectivity index (χ3n) is 7.87. The van der Waals surface area contributed by atoms with E-state index in [1.54, 1.807) is 0 Å². The lowest BCUT2D eigenvalue weighted by Gasteiger charge is -2.47. The van der Waals surface area contributed by atoms with Gasteiger partial charge in [-0.15, -0.1) is 0 Å². The van der Waals surface area contributed by atoms with Crippen LogP contribution in [0, 0.1) is 11.8 Å². The first-order chi connectivity index (χ1) is 18.2. The Morgan fingerprint density at radius 1 is 0.730 bits per heavy atom. The Kier molecular flexibility index (Phi) is 6.92. The average molecular weight is 504 g/mol. The summed E-state index contributed by atoms with van der Waals surface area (Å²) in [7, 11) is 0. The molecule has 5 aromatic rings. The second-order valence-corrected chi connectivity index (χ2v) is 11.2. The summed E-state index contributed by atoms with van der Waals surface area (Å²) >= 11 is 1.23. The van der Waals surface area contributed by atoms with Crippen LogP contribution in [-0.2, 0) is 24.4 Å². The lowest BCUT2D eigenvalue weighted by Crippen LogP contribution is -2.51. The van der Waals surface area contributed by atoms with E-state index in [9.17, 15) is 5.11 Å². The SMILES string of the molecule is [O]c1nc2cc(N3CCC(Cc4ccccc4)C(Cc4ccccc4)C3Cc3ccccc3)ccc2s1. The number of thiazole rings is 1. The molecule has 1 aliphatic rings. The van der Waals surface area contributed by atoms with Gasteiger partial charge in [-0.25, -0.2) is 0 Å². The highest BCUT2D eigenvalue weighted by Gasteiger charge is 2.38. The molecule has 3 atom stereocenters. The van der Waals surface area contributed by atoms with Crippen molar-refractivity contribution in [1.82, 2.24) is 4.98 Å². The Hall–Kier alpha value is -3.63. The van der Waals surface area contributed by atoms with Gasteiger partial charge in [-0.1, -0.05) is 102 Å². The summed E-state index contributed by atoms with van der Waals surface area (Å²) in [6, 6.07) is 39.6. The van der Waals surface area contributed by atoms with Crippen LogP contribution in [0.25, 0.3) is 10.2 Å². The molecule has 3 nitrogen and oxygen atoms in total. The average Bonchev–Trinajstić information content (AvgIpc) is 3.31. The van der Waals surface area contributed by atoms with Crippen LogP contribution in [0.3, 0.4) is 0 Å². The molecule has 0 amide bonds. The Labute approximate surface area is 223 Å². The van der Waals surface area contributed by atoms with Crippen LogP contribution in [0.5, 0.6) is 5.19 Å². The largest absolute Gasteiger partial charge is 0.368 e. The molecule has 185 valence electrons. The van der Waals surface area contributed by atoms with Crippen molar-refractivity contribution in [1.29, 1.82) is 0 Å². The predicted molar refractivity (Wildman–Crippen MR) is 153 cm³/mol. The third kappa shape index (κ3) is 5.40.